The van der Waals surface area contributed by atoms with Gasteiger partial charge >= 0.3 is 11.9 Å². The van der Waals surface area contributed by atoms with Crippen LogP contribution in [0.2, 0.25) is 0 Å². The van der Waals surface area contributed by atoms with Crippen LogP contribution in [0.25, 0.3) is 0 Å². The second kappa shape index (κ2) is 15.0. The molecule has 0 aromatic rings. The summed E-state index contributed by atoms with van der Waals surface area (Å²) in [4.78, 5) is 41.3. The van der Waals surface area contributed by atoms with Gasteiger partial charge in [0.1, 0.15) is 24.4 Å². The van der Waals surface area contributed by atoms with Gasteiger partial charge in [0.15, 0.2) is 0 Å². The fraction of sp³-hybridized carbons (Fsp3) is 0.667. The Balaban J connectivity index is -0.000000256. The fourth-order valence-electron chi connectivity index (χ4n) is 0.831. The number of hydrogen-bond acceptors (Lipinski definition) is 6. The van der Waals surface area contributed by atoms with E-state index in [9.17, 15) is 19.2 Å². The Kier molecular flexibility index (Phi) is 18.1. The molecule has 0 aromatic carbocycles. The van der Waals surface area contributed by atoms with Gasteiger partial charge in [0.2, 0.25) is 0 Å². The number of Topliss-reactive ketones (excluding diaryl/α,β-unsaturated/α-hetero) is 2. The van der Waals surface area contributed by atoms with Crippen molar-refractivity contribution in [3.05, 3.63) is 0 Å². The fourth-order valence-corrected chi connectivity index (χ4v) is 0.831. The van der Waals surface area contributed by atoms with E-state index in [0.29, 0.717) is 13.2 Å². The van der Waals surface area contributed by atoms with Crippen LogP contribution in [-0.4, -0.2) is 36.7 Å². The predicted molar refractivity (Wildman–Crippen MR) is 63.9 cm³/mol. The first-order chi connectivity index (χ1) is 8.33. The molecule has 0 aliphatic rings. The van der Waals surface area contributed by atoms with E-state index in [1.807, 2.05) is 0 Å². The van der Waals surface area contributed by atoms with Gasteiger partial charge in [-0.25, -0.2) is 0 Å². The number of rotatable bonds is 6. The smallest absolute Gasteiger partial charge is 0.313 e. The molecule has 19 heavy (non-hydrogen) atoms. The van der Waals surface area contributed by atoms with E-state index in [1.54, 1.807) is 13.8 Å². The van der Waals surface area contributed by atoms with Gasteiger partial charge in [-0.3, -0.25) is 19.2 Å². The zero-order chi connectivity index (χ0) is 14.6. The molecule has 0 saturated heterocycles. The molecule has 0 aliphatic carbocycles. The van der Waals surface area contributed by atoms with Gasteiger partial charge in [-0.05, 0) is 27.7 Å². The largest absolute Gasteiger partial charge is 0.466 e. The molecule has 0 aromatic heterocycles. The van der Waals surface area contributed by atoms with Crippen LogP contribution in [0.1, 0.15) is 40.5 Å². The molecule has 0 fully saturated rings. The average Bonchev–Trinajstić information content (AvgIpc) is 2.16. The van der Waals surface area contributed by atoms with Crippen LogP contribution in [0.3, 0.4) is 0 Å². The van der Waals surface area contributed by atoms with Crippen LogP contribution in [-0.2, 0) is 48.1 Å². The van der Waals surface area contributed by atoms with Crippen LogP contribution in [0.15, 0.2) is 0 Å². The van der Waals surface area contributed by atoms with Gasteiger partial charge in [0.05, 0.1) is 13.2 Å². The normalized spacial score (nSPS) is 8.21. The van der Waals surface area contributed by atoms with Gasteiger partial charge in [0, 0.05) is 19.5 Å². The summed E-state index contributed by atoms with van der Waals surface area (Å²) in [5, 5.41) is 0. The summed E-state index contributed by atoms with van der Waals surface area (Å²) in [5.74, 6) is -1.20. The van der Waals surface area contributed by atoms with Crippen LogP contribution >= 0.6 is 0 Å². The Morgan fingerprint density at radius 2 is 1.00 bits per heavy atom. The Morgan fingerprint density at radius 1 is 0.737 bits per heavy atom. The Hall–Kier alpha value is -1.10. The molecular formula is C12H20O6Zn. The standard InChI is InChI=1S/2C6H10O3.Zn/c2*1-3-9-6(8)4-5(2)7;/h2*3-4H2,1-2H3;. The summed E-state index contributed by atoms with van der Waals surface area (Å²) < 4.78 is 8.99. The van der Waals surface area contributed by atoms with Crippen molar-refractivity contribution >= 4 is 23.5 Å². The van der Waals surface area contributed by atoms with Crippen molar-refractivity contribution in [1.82, 2.24) is 0 Å². The minimum atomic E-state index is -0.440. The van der Waals surface area contributed by atoms with Crippen molar-refractivity contribution in [2.75, 3.05) is 13.2 Å². The van der Waals surface area contributed by atoms with Crippen molar-refractivity contribution in [1.29, 1.82) is 0 Å². The minimum Gasteiger partial charge on any atom is -0.466 e. The average molecular weight is 326 g/mol. The molecule has 0 bridgehead atoms. The maximum absolute atomic E-state index is 10.4. The maximum Gasteiger partial charge on any atom is 0.313 e. The van der Waals surface area contributed by atoms with Crippen molar-refractivity contribution in [2.45, 2.75) is 40.5 Å². The van der Waals surface area contributed by atoms with E-state index >= 15 is 0 Å². The van der Waals surface area contributed by atoms with Crippen molar-refractivity contribution in [3.8, 4) is 0 Å². The van der Waals surface area contributed by atoms with Crippen molar-refractivity contribution in [3.63, 3.8) is 0 Å². The second-order valence-corrected chi connectivity index (χ2v) is 3.37. The predicted octanol–water partition coefficient (Wildman–Crippen LogP) is 1.05. The van der Waals surface area contributed by atoms with E-state index in [1.165, 1.54) is 13.8 Å². The van der Waals surface area contributed by atoms with Gasteiger partial charge in [-0.2, -0.15) is 0 Å². The molecule has 0 radical (unpaired) electrons. The third-order valence-electron chi connectivity index (χ3n) is 1.40. The molecule has 0 saturated carbocycles. The third kappa shape index (κ3) is 22.5. The first kappa shape index (κ1) is 23.0. The number of ketones is 2. The Morgan fingerprint density at radius 3 is 1.16 bits per heavy atom. The SMILES string of the molecule is CCOC(=O)CC(C)=O.CCOC(=O)CC(C)=O.[Zn]. The van der Waals surface area contributed by atoms with Crippen LogP contribution in [0.4, 0.5) is 0 Å². The van der Waals surface area contributed by atoms with Crippen molar-refractivity contribution in [2.24, 2.45) is 0 Å². The third-order valence-corrected chi connectivity index (χ3v) is 1.40. The number of ether oxygens (including phenoxy) is 2. The molecule has 0 rings (SSSR count). The molecule has 0 spiro atoms. The van der Waals surface area contributed by atoms with E-state index in [-0.39, 0.29) is 43.9 Å². The molecule has 0 amide bonds. The zero-order valence-electron chi connectivity index (χ0n) is 12.0. The number of hydrogen-bond donors (Lipinski definition) is 0. The number of carbonyl (C=O) groups excluding carboxylic acids is 4. The molecule has 0 heterocycles. The molecule has 106 valence electrons. The Bertz CT molecular complexity index is 271. The number of carbonyl (C=O) groups is 4. The first-order valence-corrected chi connectivity index (χ1v) is 5.63. The topological polar surface area (TPSA) is 86.7 Å². The van der Waals surface area contributed by atoms with Gasteiger partial charge in [0.25, 0.3) is 0 Å². The quantitative estimate of drug-likeness (QED) is 0.412. The second-order valence-electron chi connectivity index (χ2n) is 3.37. The summed E-state index contributed by atoms with van der Waals surface area (Å²) >= 11 is 0. The van der Waals surface area contributed by atoms with Crippen LogP contribution in [0.5, 0.6) is 0 Å². The van der Waals surface area contributed by atoms with E-state index in [0.717, 1.165) is 0 Å². The summed E-state index contributed by atoms with van der Waals surface area (Å²) in [6.07, 6.45) is -0.207. The Labute approximate surface area is 126 Å². The number of esters is 2. The minimum absolute atomic E-state index is 0. The molecule has 0 aliphatic heterocycles. The molecule has 0 unspecified atom stereocenters. The van der Waals surface area contributed by atoms with Crippen LogP contribution in [0, 0.1) is 0 Å². The van der Waals surface area contributed by atoms with Gasteiger partial charge in [-0.1, -0.05) is 0 Å². The molecule has 7 heteroatoms. The van der Waals surface area contributed by atoms with Gasteiger partial charge < -0.3 is 9.47 Å². The van der Waals surface area contributed by atoms with Crippen LogP contribution < -0.4 is 0 Å². The van der Waals surface area contributed by atoms with E-state index in [4.69, 9.17) is 0 Å². The summed E-state index contributed by atoms with van der Waals surface area (Å²) in [5.41, 5.74) is 0. The molecular weight excluding hydrogens is 306 g/mol. The van der Waals surface area contributed by atoms with E-state index < -0.39 is 11.9 Å². The first-order valence-electron chi connectivity index (χ1n) is 5.63. The zero-order valence-corrected chi connectivity index (χ0v) is 15.0. The molecule has 0 atom stereocenters. The summed E-state index contributed by atoms with van der Waals surface area (Å²) in [7, 11) is 0. The maximum atomic E-state index is 10.4. The van der Waals surface area contributed by atoms with Crippen molar-refractivity contribution < 1.29 is 48.1 Å². The van der Waals surface area contributed by atoms with E-state index in [2.05, 4.69) is 9.47 Å². The summed E-state index contributed by atoms with van der Waals surface area (Å²) in [6, 6.07) is 0. The molecule has 6 nitrogen and oxygen atoms in total. The van der Waals surface area contributed by atoms with Gasteiger partial charge in [-0.15, -0.1) is 0 Å². The molecule has 0 N–H and O–H groups in total. The summed E-state index contributed by atoms with van der Waals surface area (Å²) in [6.45, 7) is 6.81. The monoisotopic (exact) mass is 324 g/mol.